The molecule has 2 aromatic carbocycles. The van der Waals surface area contributed by atoms with E-state index >= 15 is 0 Å². The van der Waals surface area contributed by atoms with Gasteiger partial charge in [0.15, 0.2) is 0 Å². The van der Waals surface area contributed by atoms with E-state index in [9.17, 15) is 4.79 Å². The van der Waals surface area contributed by atoms with Crippen molar-refractivity contribution in [3.05, 3.63) is 59.2 Å². The van der Waals surface area contributed by atoms with Crippen molar-refractivity contribution in [2.75, 3.05) is 13.7 Å². The zero-order valence-corrected chi connectivity index (χ0v) is 15.6. The van der Waals surface area contributed by atoms with Crippen LogP contribution in [0.25, 0.3) is 0 Å². The number of methoxy groups -OCH3 is 1. The third-order valence-corrected chi connectivity index (χ3v) is 3.99. The Hall–Kier alpha value is -2.82. The number of ether oxygens (including phenoxy) is 2. The number of hydrogen-bond donors (Lipinski definition) is 1. The molecule has 1 N–H and O–H groups in total. The van der Waals surface area contributed by atoms with Crippen molar-refractivity contribution in [1.82, 2.24) is 5.43 Å². The largest absolute Gasteiger partial charge is 0.497 e. The fourth-order valence-electron chi connectivity index (χ4n) is 2.57. The van der Waals surface area contributed by atoms with Gasteiger partial charge in [-0.3, -0.25) is 4.79 Å². The maximum Gasteiger partial charge on any atom is 0.240 e. The molecule has 2 aromatic rings. The molecule has 0 bridgehead atoms. The van der Waals surface area contributed by atoms with Crippen LogP contribution in [0.3, 0.4) is 0 Å². The smallest absolute Gasteiger partial charge is 0.240 e. The molecule has 0 aliphatic heterocycles. The molecule has 0 saturated heterocycles. The van der Waals surface area contributed by atoms with E-state index in [1.165, 1.54) is 11.1 Å². The highest BCUT2D eigenvalue weighted by atomic mass is 16.5. The minimum Gasteiger partial charge on any atom is -0.497 e. The van der Waals surface area contributed by atoms with Crippen LogP contribution in [0.1, 0.15) is 36.5 Å². The average molecular weight is 354 g/mol. The lowest BCUT2D eigenvalue weighted by Crippen LogP contribution is -2.17. The van der Waals surface area contributed by atoms with E-state index in [1.807, 2.05) is 43.3 Å². The third-order valence-electron chi connectivity index (χ3n) is 3.99. The number of carbonyl (C=O) groups is 1. The second-order valence-corrected chi connectivity index (χ2v) is 5.94. The Morgan fingerprint density at radius 1 is 1.15 bits per heavy atom. The quantitative estimate of drug-likeness (QED) is 0.549. The van der Waals surface area contributed by atoms with Crippen molar-refractivity contribution in [2.24, 2.45) is 5.10 Å². The second-order valence-electron chi connectivity index (χ2n) is 5.94. The molecule has 5 nitrogen and oxygen atoms in total. The van der Waals surface area contributed by atoms with E-state index in [-0.39, 0.29) is 5.91 Å². The normalized spacial score (nSPS) is 10.7. The summed E-state index contributed by atoms with van der Waals surface area (Å²) in [6, 6.07) is 13.6. The molecule has 0 atom stereocenters. The van der Waals surface area contributed by atoms with Crippen molar-refractivity contribution in [2.45, 2.75) is 33.1 Å². The van der Waals surface area contributed by atoms with Gasteiger partial charge >= 0.3 is 0 Å². The maximum absolute atomic E-state index is 11.9. The standard InChI is InChI=1S/C21H26N2O3/c1-4-26-19-11-8-17(9-12-19)15-22-23-21(24)7-5-6-18-10-13-20(25-3)14-16(18)2/h8-15H,4-7H2,1-3H3,(H,23,24)/b22-15-. The van der Waals surface area contributed by atoms with E-state index in [1.54, 1.807) is 13.3 Å². The molecule has 26 heavy (non-hydrogen) atoms. The number of rotatable bonds is 9. The molecule has 0 spiro atoms. The van der Waals surface area contributed by atoms with Gasteiger partial charge < -0.3 is 9.47 Å². The number of hydrazone groups is 1. The lowest BCUT2D eigenvalue weighted by Gasteiger charge is -2.07. The average Bonchev–Trinajstić information content (AvgIpc) is 2.64. The van der Waals surface area contributed by atoms with Gasteiger partial charge in [0.1, 0.15) is 11.5 Å². The monoisotopic (exact) mass is 354 g/mol. The number of aryl methyl sites for hydroxylation is 2. The van der Waals surface area contributed by atoms with Crippen LogP contribution < -0.4 is 14.9 Å². The topological polar surface area (TPSA) is 59.9 Å². The summed E-state index contributed by atoms with van der Waals surface area (Å²) in [6.45, 7) is 4.64. The SMILES string of the molecule is CCOc1ccc(/C=N\NC(=O)CCCc2ccc(OC)cc2C)cc1. The van der Waals surface area contributed by atoms with Crippen molar-refractivity contribution < 1.29 is 14.3 Å². The lowest BCUT2D eigenvalue weighted by molar-refractivity contribution is -0.121. The Kier molecular flexibility index (Phi) is 7.68. The van der Waals surface area contributed by atoms with Gasteiger partial charge in [0.25, 0.3) is 0 Å². The molecule has 138 valence electrons. The summed E-state index contributed by atoms with van der Waals surface area (Å²) < 4.78 is 10.6. The molecule has 1 amide bonds. The molecule has 0 aromatic heterocycles. The molecule has 0 heterocycles. The summed E-state index contributed by atoms with van der Waals surface area (Å²) in [7, 11) is 1.66. The van der Waals surface area contributed by atoms with Gasteiger partial charge in [-0.05, 0) is 79.8 Å². The Morgan fingerprint density at radius 2 is 1.88 bits per heavy atom. The van der Waals surface area contributed by atoms with Crippen molar-refractivity contribution >= 4 is 12.1 Å². The van der Waals surface area contributed by atoms with Crippen LogP contribution in [0.2, 0.25) is 0 Å². The summed E-state index contributed by atoms with van der Waals surface area (Å²) in [4.78, 5) is 11.9. The minimum atomic E-state index is -0.0849. The first-order valence-corrected chi connectivity index (χ1v) is 8.80. The van der Waals surface area contributed by atoms with Gasteiger partial charge in [-0.15, -0.1) is 0 Å². The van der Waals surface area contributed by atoms with Crippen LogP contribution in [0.4, 0.5) is 0 Å². The molecule has 0 radical (unpaired) electrons. The third kappa shape index (κ3) is 6.24. The van der Waals surface area contributed by atoms with Crippen LogP contribution in [-0.2, 0) is 11.2 Å². The van der Waals surface area contributed by atoms with Crippen molar-refractivity contribution in [1.29, 1.82) is 0 Å². The number of amides is 1. The first-order chi connectivity index (χ1) is 12.6. The van der Waals surface area contributed by atoms with Gasteiger partial charge in [-0.1, -0.05) is 6.07 Å². The van der Waals surface area contributed by atoms with Gasteiger partial charge in [0.2, 0.25) is 5.91 Å². The highest BCUT2D eigenvalue weighted by molar-refractivity contribution is 5.82. The van der Waals surface area contributed by atoms with Gasteiger partial charge in [-0.2, -0.15) is 5.10 Å². The van der Waals surface area contributed by atoms with E-state index in [2.05, 4.69) is 23.5 Å². The summed E-state index contributed by atoms with van der Waals surface area (Å²) in [5.41, 5.74) is 5.89. The molecule has 0 unspecified atom stereocenters. The zero-order chi connectivity index (χ0) is 18.8. The Bertz CT molecular complexity index is 739. The number of nitrogens with one attached hydrogen (secondary N) is 1. The zero-order valence-electron chi connectivity index (χ0n) is 15.6. The fraction of sp³-hybridized carbons (Fsp3) is 0.333. The maximum atomic E-state index is 11.9. The van der Waals surface area contributed by atoms with Crippen LogP contribution in [0.5, 0.6) is 11.5 Å². The van der Waals surface area contributed by atoms with Crippen molar-refractivity contribution in [3.63, 3.8) is 0 Å². The molecule has 0 aliphatic rings. The molecule has 0 saturated carbocycles. The van der Waals surface area contributed by atoms with Gasteiger partial charge in [-0.25, -0.2) is 5.43 Å². The Morgan fingerprint density at radius 3 is 2.54 bits per heavy atom. The molecule has 2 rings (SSSR count). The molecule has 0 fully saturated rings. The Balaban J connectivity index is 1.73. The van der Waals surface area contributed by atoms with E-state index in [0.717, 1.165) is 29.9 Å². The van der Waals surface area contributed by atoms with E-state index in [0.29, 0.717) is 13.0 Å². The van der Waals surface area contributed by atoms with Gasteiger partial charge in [0, 0.05) is 6.42 Å². The lowest BCUT2D eigenvalue weighted by atomic mass is 10.0. The van der Waals surface area contributed by atoms with Crippen LogP contribution in [0, 0.1) is 6.92 Å². The first kappa shape index (κ1) is 19.5. The molecule has 5 heteroatoms. The summed E-state index contributed by atoms with van der Waals surface area (Å²) in [6.07, 6.45) is 3.69. The molecular weight excluding hydrogens is 328 g/mol. The van der Waals surface area contributed by atoms with Gasteiger partial charge in [0.05, 0.1) is 19.9 Å². The van der Waals surface area contributed by atoms with Crippen LogP contribution in [-0.4, -0.2) is 25.8 Å². The predicted molar refractivity (Wildman–Crippen MR) is 104 cm³/mol. The molecule has 0 aliphatic carbocycles. The van der Waals surface area contributed by atoms with Crippen LogP contribution >= 0.6 is 0 Å². The highest BCUT2D eigenvalue weighted by Crippen LogP contribution is 2.18. The number of carbonyl (C=O) groups excluding carboxylic acids is 1. The number of hydrogen-bond acceptors (Lipinski definition) is 4. The van der Waals surface area contributed by atoms with E-state index < -0.39 is 0 Å². The minimum absolute atomic E-state index is 0.0849. The van der Waals surface area contributed by atoms with Crippen LogP contribution in [0.15, 0.2) is 47.6 Å². The summed E-state index contributed by atoms with van der Waals surface area (Å²) in [5, 5.41) is 4.00. The second kappa shape index (κ2) is 10.2. The number of nitrogens with zero attached hydrogens (tertiary/aromatic N) is 1. The number of benzene rings is 2. The van der Waals surface area contributed by atoms with Crippen molar-refractivity contribution in [3.8, 4) is 11.5 Å². The first-order valence-electron chi connectivity index (χ1n) is 8.80. The highest BCUT2D eigenvalue weighted by Gasteiger charge is 2.04. The predicted octanol–water partition coefficient (Wildman–Crippen LogP) is 3.88. The summed E-state index contributed by atoms with van der Waals surface area (Å²) >= 11 is 0. The summed E-state index contributed by atoms with van der Waals surface area (Å²) in [5.74, 6) is 1.59. The van der Waals surface area contributed by atoms with E-state index in [4.69, 9.17) is 9.47 Å². The molecular formula is C21H26N2O3. The Labute approximate surface area is 155 Å². The fourth-order valence-corrected chi connectivity index (χ4v) is 2.57.